The third kappa shape index (κ3) is 2.25. The molecule has 6 nitrogen and oxygen atoms in total. The predicted octanol–water partition coefficient (Wildman–Crippen LogP) is -3.99. The molecule has 0 bridgehead atoms. The quantitative estimate of drug-likeness (QED) is 0.117. The molecular weight excluding hydrogens is 239 g/mol. The van der Waals surface area contributed by atoms with E-state index in [9.17, 15) is 14.4 Å². The summed E-state index contributed by atoms with van der Waals surface area (Å²) in [6.45, 7) is 3.38. The Bertz CT molecular complexity index is 368. The average molecular weight is 248 g/mol. The standard InChI is InChI=1S/C8H8O4.C2HO2.Na/c1-3-4(2)12-7(11)8(3)5(9)6(8)10;3-1-2-4;/h3-4H,1-2H3;1H;/q;-1;+1. The van der Waals surface area contributed by atoms with Crippen LogP contribution in [0.1, 0.15) is 13.8 Å². The Balaban J connectivity index is 0.000000453. The summed E-state index contributed by atoms with van der Waals surface area (Å²) in [6, 6.07) is 0. The van der Waals surface area contributed by atoms with Gasteiger partial charge in [0.25, 0.3) is 0 Å². The van der Waals surface area contributed by atoms with Crippen LogP contribution in [0.4, 0.5) is 0 Å². The maximum atomic E-state index is 11.1. The molecule has 7 heteroatoms. The molecule has 1 saturated heterocycles. The molecule has 2 unspecified atom stereocenters. The van der Waals surface area contributed by atoms with Crippen molar-refractivity contribution < 1.29 is 58.3 Å². The van der Waals surface area contributed by atoms with E-state index in [1.54, 1.807) is 13.8 Å². The van der Waals surface area contributed by atoms with E-state index >= 15 is 0 Å². The van der Waals surface area contributed by atoms with Crippen LogP contribution >= 0.6 is 0 Å². The SMILES string of the molecule is CC1OC(=O)C2(C(=O)C2=O)C1C.O=[C-]C=O.[Na+]. The first-order valence-electron chi connectivity index (χ1n) is 4.56. The minimum absolute atomic E-state index is 0. The molecule has 0 N–H and O–H groups in total. The van der Waals surface area contributed by atoms with Gasteiger partial charge >= 0.3 is 35.5 Å². The van der Waals surface area contributed by atoms with Crippen LogP contribution in [0.25, 0.3) is 0 Å². The summed E-state index contributed by atoms with van der Waals surface area (Å²) in [5, 5.41) is 0. The van der Waals surface area contributed by atoms with Gasteiger partial charge in [0.2, 0.25) is 17.0 Å². The van der Waals surface area contributed by atoms with Crippen molar-refractivity contribution >= 4 is 30.1 Å². The van der Waals surface area contributed by atoms with Crippen LogP contribution in [0.15, 0.2) is 0 Å². The van der Waals surface area contributed by atoms with Gasteiger partial charge in [-0.25, -0.2) is 0 Å². The van der Waals surface area contributed by atoms with Crippen molar-refractivity contribution in [2.75, 3.05) is 0 Å². The Morgan fingerprint density at radius 3 is 1.76 bits per heavy atom. The molecule has 2 aliphatic rings. The molecule has 0 aromatic rings. The molecule has 86 valence electrons. The Labute approximate surface area is 119 Å². The molecule has 2 fully saturated rings. The van der Waals surface area contributed by atoms with Crippen molar-refractivity contribution in [2.24, 2.45) is 11.3 Å². The molecular formula is C10H9NaO6. The summed E-state index contributed by atoms with van der Waals surface area (Å²) in [5.74, 6) is -2.11. The van der Waals surface area contributed by atoms with E-state index in [4.69, 9.17) is 14.3 Å². The molecule has 1 saturated carbocycles. The number of carbonyl (C=O) groups excluding carboxylic acids is 5. The monoisotopic (exact) mass is 248 g/mol. The number of ether oxygens (including phenoxy) is 1. The molecule has 0 aromatic heterocycles. The number of Topliss-reactive ketones (excluding diaryl/α,β-unsaturated/α-hetero) is 2. The zero-order valence-corrected chi connectivity index (χ0v) is 11.7. The zero-order valence-electron chi connectivity index (χ0n) is 9.68. The number of ketones is 2. The number of cyclic esters (lactones) is 1. The third-order valence-corrected chi connectivity index (χ3v) is 2.91. The Morgan fingerprint density at radius 1 is 1.24 bits per heavy atom. The summed E-state index contributed by atoms with van der Waals surface area (Å²) in [4.78, 5) is 50.5. The minimum Gasteiger partial charge on any atom is -0.534 e. The molecule has 1 aliphatic heterocycles. The summed E-state index contributed by atoms with van der Waals surface area (Å²) in [6.07, 6.45) is 0.743. The van der Waals surface area contributed by atoms with Crippen LogP contribution in [0.3, 0.4) is 0 Å². The fourth-order valence-electron chi connectivity index (χ4n) is 1.75. The first-order valence-corrected chi connectivity index (χ1v) is 4.56. The zero-order chi connectivity index (χ0) is 12.5. The fraction of sp³-hybridized carbons (Fsp3) is 0.500. The number of carbonyl (C=O) groups is 4. The number of rotatable bonds is 1. The molecule has 2 atom stereocenters. The van der Waals surface area contributed by atoms with E-state index in [1.807, 2.05) is 0 Å². The normalized spacial score (nSPS) is 27.5. The molecule has 1 aliphatic carbocycles. The molecule has 0 radical (unpaired) electrons. The van der Waals surface area contributed by atoms with Crippen LogP contribution in [0.2, 0.25) is 0 Å². The van der Waals surface area contributed by atoms with Crippen molar-refractivity contribution in [1.82, 2.24) is 0 Å². The van der Waals surface area contributed by atoms with E-state index in [2.05, 4.69) is 0 Å². The number of aldehydes is 1. The average Bonchev–Trinajstić information content (AvgIpc) is 2.73. The number of esters is 1. The van der Waals surface area contributed by atoms with Gasteiger partial charge in [0.15, 0.2) is 0 Å². The number of hydrogen-bond acceptors (Lipinski definition) is 6. The van der Waals surface area contributed by atoms with Gasteiger partial charge in [-0.2, -0.15) is 6.29 Å². The van der Waals surface area contributed by atoms with Gasteiger partial charge in [-0.05, 0) is 6.92 Å². The van der Waals surface area contributed by atoms with Crippen LogP contribution < -0.4 is 29.6 Å². The second kappa shape index (κ2) is 5.66. The van der Waals surface area contributed by atoms with Gasteiger partial charge in [0.1, 0.15) is 6.10 Å². The predicted molar refractivity (Wildman–Crippen MR) is 48.9 cm³/mol. The molecule has 0 amide bonds. The molecule has 2 rings (SSSR count). The summed E-state index contributed by atoms with van der Waals surface area (Å²) in [5.41, 5.74) is -1.39. The van der Waals surface area contributed by atoms with E-state index < -0.39 is 23.0 Å². The van der Waals surface area contributed by atoms with Gasteiger partial charge in [0.05, 0.1) is 0 Å². The van der Waals surface area contributed by atoms with E-state index in [-0.39, 0.29) is 47.9 Å². The van der Waals surface area contributed by atoms with Gasteiger partial charge in [-0.15, -0.1) is 0 Å². The summed E-state index contributed by atoms with van der Waals surface area (Å²) < 4.78 is 4.81. The summed E-state index contributed by atoms with van der Waals surface area (Å²) in [7, 11) is 0. The van der Waals surface area contributed by atoms with Crippen molar-refractivity contribution in [3.8, 4) is 0 Å². The van der Waals surface area contributed by atoms with Crippen LogP contribution in [0, 0.1) is 11.3 Å². The first-order chi connectivity index (χ1) is 7.44. The summed E-state index contributed by atoms with van der Waals surface area (Å²) >= 11 is 0. The molecule has 1 spiro atoms. The maximum absolute atomic E-state index is 11.1. The van der Waals surface area contributed by atoms with Gasteiger partial charge in [-0.3, -0.25) is 14.4 Å². The van der Waals surface area contributed by atoms with E-state index in [1.165, 1.54) is 0 Å². The first kappa shape index (κ1) is 16.1. The van der Waals surface area contributed by atoms with Crippen LogP contribution in [-0.2, 0) is 28.7 Å². The topological polar surface area (TPSA) is 94.6 Å². The maximum Gasteiger partial charge on any atom is 1.00 e. The van der Waals surface area contributed by atoms with Gasteiger partial charge in [-0.1, -0.05) is 6.92 Å². The van der Waals surface area contributed by atoms with Crippen molar-refractivity contribution in [3.63, 3.8) is 0 Å². The smallest absolute Gasteiger partial charge is 0.534 e. The molecule has 17 heavy (non-hydrogen) atoms. The fourth-order valence-corrected chi connectivity index (χ4v) is 1.75. The minimum atomic E-state index is -1.39. The Kier molecular flexibility index (Phi) is 5.38. The van der Waals surface area contributed by atoms with Gasteiger partial charge in [0, 0.05) is 12.2 Å². The van der Waals surface area contributed by atoms with Crippen molar-refractivity contribution in [2.45, 2.75) is 20.0 Å². The molecule has 1 heterocycles. The van der Waals surface area contributed by atoms with Crippen molar-refractivity contribution in [3.05, 3.63) is 0 Å². The second-order valence-electron chi connectivity index (χ2n) is 3.60. The van der Waals surface area contributed by atoms with Crippen LogP contribution in [-0.4, -0.2) is 36.2 Å². The van der Waals surface area contributed by atoms with Crippen molar-refractivity contribution in [1.29, 1.82) is 0 Å². The Morgan fingerprint density at radius 2 is 1.65 bits per heavy atom. The van der Waals surface area contributed by atoms with Gasteiger partial charge < -0.3 is 14.3 Å². The van der Waals surface area contributed by atoms with Crippen LogP contribution in [0.5, 0.6) is 0 Å². The molecule has 0 aromatic carbocycles. The largest absolute Gasteiger partial charge is 1.00 e. The Hall–Kier alpha value is -0.850. The second-order valence-corrected chi connectivity index (χ2v) is 3.60. The van der Waals surface area contributed by atoms with E-state index in [0.29, 0.717) is 0 Å². The number of hydrogen-bond donors (Lipinski definition) is 0. The van der Waals surface area contributed by atoms with E-state index in [0.717, 1.165) is 6.29 Å². The third-order valence-electron chi connectivity index (χ3n) is 2.91.